The summed E-state index contributed by atoms with van der Waals surface area (Å²) in [4.78, 5) is 2.33. The molecule has 0 spiro atoms. The zero-order valence-electron chi connectivity index (χ0n) is 11.1. The fourth-order valence-corrected chi connectivity index (χ4v) is 2.73. The highest BCUT2D eigenvalue weighted by Gasteiger charge is 2.40. The summed E-state index contributed by atoms with van der Waals surface area (Å²) in [5, 5.41) is 1.37. The van der Waals surface area contributed by atoms with E-state index in [1.54, 1.807) is 0 Å². The van der Waals surface area contributed by atoms with Gasteiger partial charge in [-0.1, -0.05) is 0 Å². The summed E-state index contributed by atoms with van der Waals surface area (Å²) in [5.41, 5.74) is 4.16. The van der Waals surface area contributed by atoms with E-state index in [-0.39, 0.29) is 0 Å². The monoisotopic (exact) mass is 228 g/mol. The van der Waals surface area contributed by atoms with Gasteiger partial charge in [-0.3, -0.25) is 0 Å². The molecule has 3 rings (SSSR count). The van der Waals surface area contributed by atoms with E-state index in [1.807, 2.05) is 0 Å². The van der Waals surface area contributed by atoms with Crippen LogP contribution >= 0.6 is 0 Å². The zero-order chi connectivity index (χ0) is 12.2. The molecule has 0 radical (unpaired) electrons. The Bertz CT molecular complexity index is 566. The lowest BCUT2D eigenvalue weighted by atomic mass is 10.1. The smallest absolute Gasteiger partial charge is 0.0508 e. The van der Waals surface area contributed by atoms with Crippen molar-refractivity contribution in [2.45, 2.75) is 32.4 Å². The van der Waals surface area contributed by atoms with Crippen LogP contribution in [-0.2, 0) is 0 Å². The number of nitrogens with zero attached hydrogens (tertiary/aromatic N) is 2. The van der Waals surface area contributed by atoms with E-state index in [0.717, 1.165) is 0 Å². The molecular weight excluding hydrogens is 208 g/mol. The Morgan fingerprint density at radius 1 is 1.18 bits per heavy atom. The maximum Gasteiger partial charge on any atom is 0.0508 e. The van der Waals surface area contributed by atoms with Crippen molar-refractivity contribution in [3.05, 3.63) is 35.5 Å². The van der Waals surface area contributed by atoms with E-state index in [9.17, 15) is 0 Å². The molecule has 0 amide bonds. The first kappa shape index (κ1) is 10.8. The summed E-state index contributed by atoms with van der Waals surface area (Å²) >= 11 is 0. The molecule has 1 fully saturated rings. The summed E-state index contributed by atoms with van der Waals surface area (Å²) in [6, 6.07) is 8.26. The van der Waals surface area contributed by atoms with Crippen LogP contribution in [0, 0.1) is 13.8 Å². The molecule has 1 aromatic carbocycles. The van der Waals surface area contributed by atoms with Crippen molar-refractivity contribution < 1.29 is 0 Å². The molecule has 2 aromatic rings. The highest BCUT2D eigenvalue weighted by molar-refractivity contribution is 5.82. The van der Waals surface area contributed by atoms with Crippen molar-refractivity contribution in [1.29, 1.82) is 0 Å². The van der Waals surface area contributed by atoms with Gasteiger partial charge >= 0.3 is 0 Å². The average molecular weight is 228 g/mol. The first-order valence-electron chi connectivity index (χ1n) is 6.32. The van der Waals surface area contributed by atoms with E-state index in [4.69, 9.17) is 0 Å². The zero-order valence-corrected chi connectivity index (χ0v) is 11.1. The minimum absolute atomic E-state index is 0.671. The molecule has 0 bridgehead atoms. The van der Waals surface area contributed by atoms with Crippen LogP contribution < -0.4 is 0 Å². The summed E-state index contributed by atoms with van der Waals surface area (Å²) in [5.74, 6) is 0. The lowest BCUT2D eigenvalue weighted by molar-refractivity contribution is 0.377. The van der Waals surface area contributed by atoms with Crippen LogP contribution in [0.25, 0.3) is 10.9 Å². The molecule has 1 unspecified atom stereocenters. The highest BCUT2D eigenvalue weighted by Crippen LogP contribution is 2.41. The van der Waals surface area contributed by atoms with Crippen LogP contribution in [0.5, 0.6) is 0 Å². The number of rotatable bonds is 2. The molecule has 1 aliphatic rings. The molecule has 2 heteroatoms. The molecule has 0 saturated heterocycles. The Morgan fingerprint density at radius 2 is 1.88 bits per heavy atom. The Balaban J connectivity index is 2.04. The number of hydrogen-bond donors (Lipinski definition) is 0. The second-order valence-electron chi connectivity index (χ2n) is 5.55. The highest BCUT2D eigenvalue weighted by atomic mass is 15.2. The molecule has 2 atom stereocenters. The van der Waals surface area contributed by atoms with Gasteiger partial charge in [0.15, 0.2) is 0 Å². The third-order valence-corrected chi connectivity index (χ3v) is 4.08. The quantitative estimate of drug-likeness (QED) is 0.766. The third-order valence-electron chi connectivity index (χ3n) is 4.08. The molecule has 1 aromatic heterocycles. The van der Waals surface area contributed by atoms with Gasteiger partial charge in [-0.05, 0) is 69.1 Å². The van der Waals surface area contributed by atoms with Crippen molar-refractivity contribution >= 4 is 10.9 Å². The van der Waals surface area contributed by atoms with Crippen LogP contribution in [0.3, 0.4) is 0 Å². The topological polar surface area (TPSA) is 8.17 Å². The minimum atomic E-state index is 0.671. The lowest BCUT2D eigenvalue weighted by Crippen LogP contribution is -2.17. The summed E-state index contributed by atoms with van der Waals surface area (Å²) < 4.78 is 2.45. The molecule has 90 valence electrons. The second-order valence-corrected chi connectivity index (χ2v) is 5.55. The Kier molecular flexibility index (Phi) is 2.30. The van der Waals surface area contributed by atoms with Gasteiger partial charge in [0.1, 0.15) is 0 Å². The van der Waals surface area contributed by atoms with Gasteiger partial charge in [0, 0.05) is 17.8 Å². The molecule has 1 heterocycles. The number of fused-ring (bicyclic) bond motifs is 1. The number of aryl methyl sites for hydroxylation is 2. The van der Waals surface area contributed by atoms with Crippen LogP contribution in [0.2, 0.25) is 0 Å². The van der Waals surface area contributed by atoms with Crippen LogP contribution in [0.4, 0.5) is 0 Å². The molecule has 1 aliphatic carbocycles. The number of benzene rings is 1. The summed E-state index contributed by atoms with van der Waals surface area (Å²) in [6.07, 6.45) is 3.53. The van der Waals surface area contributed by atoms with Gasteiger partial charge in [0.25, 0.3) is 0 Å². The predicted molar refractivity (Wildman–Crippen MR) is 72.5 cm³/mol. The van der Waals surface area contributed by atoms with Gasteiger partial charge in [-0.15, -0.1) is 0 Å². The van der Waals surface area contributed by atoms with Gasteiger partial charge in [-0.2, -0.15) is 0 Å². The van der Waals surface area contributed by atoms with Crippen molar-refractivity contribution in [3.63, 3.8) is 0 Å². The van der Waals surface area contributed by atoms with E-state index < -0.39 is 0 Å². The Morgan fingerprint density at radius 3 is 2.53 bits per heavy atom. The van der Waals surface area contributed by atoms with Crippen LogP contribution in [0.15, 0.2) is 24.4 Å². The number of aromatic nitrogens is 1. The van der Waals surface area contributed by atoms with E-state index in [2.05, 4.69) is 61.8 Å². The van der Waals surface area contributed by atoms with Crippen molar-refractivity contribution in [2.75, 3.05) is 14.1 Å². The van der Waals surface area contributed by atoms with E-state index in [1.165, 1.54) is 28.5 Å². The maximum atomic E-state index is 2.45. The SMILES string of the molecule is Cc1cc2ccn([C@H]3CC3N(C)C)c2cc1C. The molecule has 17 heavy (non-hydrogen) atoms. The van der Waals surface area contributed by atoms with Gasteiger partial charge in [-0.25, -0.2) is 0 Å². The standard InChI is InChI=1S/C15H20N2/c1-10-7-12-5-6-17(13(12)8-11(10)2)15-9-14(15)16(3)4/h5-8,14-15H,9H2,1-4H3/t14?,15-/m0/s1. The largest absolute Gasteiger partial charge is 0.343 e. The maximum absolute atomic E-state index is 2.45. The first-order chi connectivity index (χ1) is 8.08. The summed E-state index contributed by atoms with van der Waals surface area (Å²) in [7, 11) is 4.34. The minimum Gasteiger partial charge on any atom is -0.343 e. The van der Waals surface area contributed by atoms with Crippen molar-refractivity contribution in [3.8, 4) is 0 Å². The molecule has 0 N–H and O–H groups in total. The molecule has 0 aliphatic heterocycles. The predicted octanol–water partition coefficient (Wildman–Crippen LogP) is 3.13. The molecular formula is C15H20N2. The van der Waals surface area contributed by atoms with Crippen molar-refractivity contribution in [1.82, 2.24) is 9.47 Å². The van der Waals surface area contributed by atoms with Crippen molar-refractivity contribution in [2.24, 2.45) is 0 Å². The normalized spacial score (nSPS) is 23.6. The number of likely N-dealkylation sites (N-methyl/N-ethyl adjacent to an activating group) is 1. The van der Waals surface area contributed by atoms with Crippen LogP contribution in [0.1, 0.15) is 23.6 Å². The van der Waals surface area contributed by atoms with E-state index in [0.29, 0.717) is 12.1 Å². The number of hydrogen-bond acceptors (Lipinski definition) is 1. The molecule has 1 saturated carbocycles. The Hall–Kier alpha value is -1.28. The Labute approximate surface area is 103 Å². The fourth-order valence-electron chi connectivity index (χ4n) is 2.73. The second kappa shape index (κ2) is 3.61. The van der Waals surface area contributed by atoms with E-state index >= 15 is 0 Å². The third kappa shape index (κ3) is 1.67. The first-order valence-corrected chi connectivity index (χ1v) is 6.32. The summed E-state index contributed by atoms with van der Waals surface area (Å²) in [6.45, 7) is 4.38. The lowest BCUT2D eigenvalue weighted by Gasteiger charge is -2.11. The van der Waals surface area contributed by atoms with Crippen LogP contribution in [-0.4, -0.2) is 29.6 Å². The van der Waals surface area contributed by atoms with Gasteiger partial charge in [0.05, 0.1) is 6.04 Å². The average Bonchev–Trinajstić information content (AvgIpc) is 2.97. The fraction of sp³-hybridized carbons (Fsp3) is 0.467. The molecule has 2 nitrogen and oxygen atoms in total. The van der Waals surface area contributed by atoms with Gasteiger partial charge in [0.2, 0.25) is 0 Å². The van der Waals surface area contributed by atoms with Gasteiger partial charge < -0.3 is 9.47 Å².